The van der Waals surface area contributed by atoms with Crippen LogP contribution in [0.3, 0.4) is 0 Å². The van der Waals surface area contributed by atoms with Gasteiger partial charge in [-0.25, -0.2) is 0 Å². The van der Waals surface area contributed by atoms with Crippen molar-refractivity contribution in [2.75, 3.05) is 13.7 Å². The average Bonchev–Trinajstić information content (AvgIpc) is 2.84. The number of ether oxygens (including phenoxy) is 2. The molecule has 0 spiro atoms. The molecule has 1 aliphatic rings. The smallest absolute Gasteiger partial charge is 0.469 e. The van der Waals surface area contributed by atoms with Crippen LogP contribution in [0.15, 0.2) is 6.07 Å². The Labute approximate surface area is 192 Å². The second-order valence-electron chi connectivity index (χ2n) is 10.4. The lowest BCUT2D eigenvalue weighted by atomic mass is 9.70. The third-order valence-electron chi connectivity index (χ3n) is 6.18. The summed E-state index contributed by atoms with van der Waals surface area (Å²) >= 11 is 0. The number of benzene rings is 1. The van der Waals surface area contributed by atoms with Crippen LogP contribution < -0.4 is 10.8 Å². The lowest BCUT2D eigenvalue weighted by Gasteiger charge is -2.32. The molecular formula is C24H38BNO6. The minimum atomic E-state index is -0.554. The van der Waals surface area contributed by atoms with Gasteiger partial charge in [0.15, 0.2) is 0 Å². The Kier molecular flexibility index (Phi) is 7.85. The van der Waals surface area contributed by atoms with Crippen LogP contribution in [0, 0.1) is 13.8 Å². The molecule has 32 heavy (non-hydrogen) atoms. The summed E-state index contributed by atoms with van der Waals surface area (Å²) in [7, 11) is 0.826. The standard InChI is InChI=1S/C24H38BNO6/c1-15-17(12-19(27)29-10)11-18(13-26-14-20(28)30-22(3,4)5)16(2)21(15)25-31-23(6,7)24(8,9)32-25/h11,26H,12-14H2,1-10H3. The molecular weight excluding hydrogens is 409 g/mol. The van der Waals surface area contributed by atoms with Gasteiger partial charge in [-0.1, -0.05) is 6.07 Å². The Balaban J connectivity index is 2.36. The van der Waals surface area contributed by atoms with E-state index in [1.54, 1.807) is 0 Å². The van der Waals surface area contributed by atoms with Gasteiger partial charge in [0, 0.05) is 6.54 Å². The topological polar surface area (TPSA) is 83.1 Å². The summed E-state index contributed by atoms with van der Waals surface area (Å²) in [5, 5.41) is 3.16. The Morgan fingerprint density at radius 1 is 1.00 bits per heavy atom. The summed E-state index contributed by atoms with van der Waals surface area (Å²) in [6.45, 7) is 18.1. The van der Waals surface area contributed by atoms with Gasteiger partial charge in [0.25, 0.3) is 0 Å². The molecule has 0 bridgehead atoms. The summed E-state index contributed by atoms with van der Waals surface area (Å²) in [6.07, 6.45) is 0.147. The van der Waals surface area contributed by atoms with E-state index in [0.717, 1.165) is 27.7 Å². The first-order valence-electron chi connectivity index (χ1n) is 11.0. The monoisotopic (exact) mass is 447 g/mol. The molecule has 0 amide bonds. The molecule has 1 aromatic rings. The molecule has 0 unspecified atom stereocenters. The van der Waals surface area contributed by atoms with Crippen LogP contribution in [0.1, 0.15) is 70.7 Å². The first kappa shape index (κ1) is 26.4. The summed E-state index contributed by atoms with van der Waals surface area (Å²) in [4.78, 5) is 24.1. The van der Waals surface area contributed by atoms with Crippen molar-refractivity contribution in [3.8, 4) is 0 Å². The van der Waals surface area contributed by atoms with Crippen LogP contribution in [-0.4, -0.2) is 49.5 Å². The Bertz CT molecular complexity index is 856. The molecule has 0 radical (unpaired) electrons. The van der Waals surface area contributed by atoms with Crippen molar-refractivity contribution >= 4 is 24.5 Å². The fourth-order valence-electron chi connectivity index (χ4n) is 3.64. The SMILES string of the molecule is COC(=O)Cc1cc(CNCC(=O)OC(C)(C)C)c(C)c(B2OC(C)(C)C(C)(C)O2)c1C. The molecule has 2 rings (SSSR count). The van der Waals surface area contributed by atoms with Crippen LogP contribution in [0.25, 0.3) is 0 Å². The number of hydrogen-bond donors (Lipinski definition) is 1. The Hall–Kier alpha value is -1.90. The first-order valence-corrected chi connectivity index (χ1v) is 11.0. The largest absolute Gasteiger partial charge is 0.495 e. The molecule has 1 aliphatic heterocycles. The number of carbonyl (C=O) groups is 2. The molecule has 1 fully saturated rings. The van der Waals surface area contributed by atoms with Crippen molar-refractivity contribution in [1.29, 1.82) is 0 Å². The number of rotatable bonds is 7. The number of carbonyl (C=O) groups excluding carboxylic acids is 2. The van der Waals surface area contributed by atoms with Crippen molar-refractivity contribution in [3.05, 3.63) is 28.3 Å². The zero-order chi connectivity index (χ0) is 24.5. The van der Waals surface area contributed by atoms with Crippen molar-refractivity contribution in [3.63, 3.8) is 0 Å². The summed E-state index contributed by atoms with van der Waals surface area (Å²) < 4.78 is 22.9. The number of nitrogens with one attached hydrogen (secondary N) is 1. The van der Waals surface area contributed by atoms with Gasteiger partial charge < -0.3 is 24.1 Å². The molecule has 0 saturated carbocycles. The quantitative estimate of drug-likeness (QED) is 0.508. The third-order valence-corrected chi connectivity index (χ3v) is 6.18. The highest BCUT2D eigenvalue weighted by Gasteiger charge is 2.52. The molecule has 0 aromatic heterocycles. The van der Waals surface area contributed by atoms with E-state index in [-0.39, 0.29) is 24.9 Å². The summed E-state index contributed by atoms with van der Waals surface area (Å²) in [6, 6.07) is 1.98. The first-order chi connectivity index (χ1) is 14.6. The van der Waals surface area contributed by atoms with Crippen LogP contribution in [0.5, 0.6) is 0 Å². The second kappa shape index (κ2) is 9.53. The number of methoxy groups -OCH3 is 1. The van der Waals surface area contributed by atoms with E-state index >= 15 is 0 Å². The lowest BCUT2D eigenvalue weighted by molar-refractivity contribution is -0.153. The van der Waals surface area contributed by atoms with Crippen LogP contribution >= 0.6 is 0 Å². The van der Waals surface area contributed by atoms with Crippen molar-refractivity contribution in [2.45, 2.75) is 92.1 Å². The van der Waals surface area contributed by atoms with Gasteiger partial charge in [0.2, 0.25) is 0 Å². The van der Waals surface area contributed by atoms with Gasteiger partial charge in [-0.05, 0) is 90.0 Å². The third kappa shape index (κ3) is 6.12. The van der Waals surface area contributed by atoms with Crippen LogP contribution in [0.4, 0.5) is 0 Å². The molecule has 0 atom stereocenters. The van der Waals surface area contributed by atoms with Gasteiger partial charge in [0.1, 0.15) is 5.60 Å². The van der Waals surface area contributed by atoms with Gasteiger partial charge >= 0.3 is 19.1 Å². The lowest BCUT2D eigenvalue weighted by Crippen LogP contribution is -2.41. The molecule has 1 heterocycles. The highest BCUT2D eigenvalue weighted by molar-refractivity contribution is 6.63. The Morgan fingerprint density at radius 2 is 1.53 bits per heavy atom. The van der Waals surface area contributed by atoms with Crippen molar-refractivity contribution in [1.82, 2.24) is 5.32 Å². The normalized spacial score (nSPS) is 17.4. The maximum Gasteiger partial charge on any atom is 0.495 e. The molecule has 1 N–H and O–H groups in total. The Morgan fingerprint density at radius 3 is 2.03 bits per heavy atom. The fraction of sp³-hybridized carbons (Fsp3) is 0.667. The average molecular weight is 447 g/mol. The van der Waals surface area contributed by atoms with E-state index in [9.17, 15) is 9.59 Å². The summed E-state index contributed by atoms with van der Waals surface area (Å²) in [5.41, 5.74) is 3.18. The maximum atomic E-state index is 12.1. The van der Waals surface area contributed by atoms with E-state index in [2.05, 4.69) is 5.32 Å². The van der Waals surface area contributed by atoms with E-state index in [1.807, 2.05) is 68.4 Å². The van der Waals surface area contributed by atoms with Crippen LogP contribution in [-0.2, 0) is 41.3 Å². The van der Waals surface area contributed by atoms with Crippen molar-refractivity contribution in [2.24, 2.45) is 0 Å². The van der Waals surface area contributed by atoms with E-state index < -0.39 is 23.9 Å². The predicted octanol–water partition coefficient (Wildman–Crippen LogP) is 2.75. The highest BCUT2D eigenvalue weighted by atomic mass is 16.7. The van der Waals surface area contributed by atoms with E-state index in [1.165, 1.54) is 7.11 Å². The summed E-state index contributed by atoms with van der Waals surface area (Å²) in [5.74, 6) is -0.632. The number of esters is 2. The second-order valence-corrected chi connectivity index (χ2v) is 10.4. The molecule has 0 aliphatic carbocycles. The molecule has 1 aromatic carbocycles. The fourth-order valence-corrected chi connectivity index (χ4v) is 3.64. The maximum absolute atomic E-state index is 12.1. The van der Waals surface area contributed by atoms with Crippen LogP contribution in [0.2, 0.25) is 0 Å². The van der Waals surface area contributed by atoms with Crippen molar-refractivity contribution < 1.29 is 28.4 Å². The zero-order valence-electron chi connectivity index (χ0n) is 21.2. The minimum absolute atomic E-state index is 0.0861. The molecule has 7 nitrogen and oxygen atoms in total. The van der Waals surface area contributed by atoms with Gasteiger partial charge in [0.05, 0.1) is 31.3 Å². The minimum Gasteiger partial charge on any atom is -0.469 e. The molecule has 1 saturated heterocycles. The number of hydrogen-bond acceptors (Lipinski definition) is 7. The van der Waals surface area contributed by atoms with Gasteiger partial charge in [-0.3, -0.25) is 9.59 Å². The van der Waals surface area contributed by atoms with Gasteiger partial charge in [-0.15, -0.1) is 0 Å². The zero-order valence-corrected chi connectivity index (χ0v) is 21.2. The predicted molar refractivity (Wildman–Crippen MR) is 125 cm³/mol. The van der Waals surface area contributed by atoms with E-state index in [0.29, 0.717) is 6.54 Å². The molecule has 8 heteroatoms. The highest BCUT2D eigenvalue weighted by Crippen LogP contribution is 2.37. The van der Waals surface area contributed by atoms with Gasteiger partial charge in [-0.2, -0.15) is 0 Å². The van der Waals surface area contributed by atoms with E-state index in [4.69, 9.17) is 18.8 Å². The molecule has 178 valence electrons.